The molecule has 3 heterocycles. The first-order valence-electron chi connectivity index (χ1n) is 10.2. The molecule has 0 spiro atoms. The van der Waals surface area contributed by atoms with Crippen LogP contribution in [-0.4, -0.2) is 27.2 Å². The average Bonchev–Trinajstić information content (AvgIpc) is 3.42. The Balaban J connectivity index is 1.67. The number of hydrogen-bond acceptors (Lipinski definition) is 5. The van der Waals surface area contributed by atoms with Gasteiger partial charge in [-0.25, -0.2) is 4.98 Å². The number of hydrogen-bond donors (Lipinski definition) is 0. The summed E-state index contributed by atoms with van der Waals surface area (Å²) < 4.78 is 3.09. The molecule has 4 rings (SSSR count). The number of carbonyl (C=O) groups excluding carboxylic acids is 1. The molecule has 0 saturated carbocycles. The molecule has 0 saturated heterocycles. The Hall–Kier alpha value is -2.51. The highest BCUT2D eigenvalue weighted by molar-refractivity contribution is 7.22. The zero-order chi connectivity index (χ0) is 21.3. The Morgan fingerprint density at radius 3 is 2.70 bits per heavy atom. The van der Waals surface area contributed by atoms with Crippen LogP contribution in [0, 0.1) is 13.8 Å². The standard InChI is InChI=1S/C23H26N4OS2/c1-15(2)19-8-5-9-20-22(19)24-23(30-20)26(21(28)14-18-7-6-12-29-18)10-11-27-17(4)13-16(3)25-27/h5-9,12-13,15H,10-11,14H2,1-4H3. The summed E-state index contributed by atoms with van der Waals surface area (Å²) in [5.74, 6) is 0.456. The molecule has 0 atom stereocenters. The van der Waals surface area contributed by atoms with Gasteiger partial charge in [0.15, 0.2) is 5.13 Å². The molecule has 1 aromatic carbocycles. The molecular formula is C23H26N4OS2. The number of amides is 1. The molecule has 0 fully saturated rings. The average molecular weight is 439 g/mol. The summed E-state index contributed by atoms with van der Waals surface area (Å²) in [6.07, 6.45) is 0.391. The highest BCUT2D eigenvalue weighted by atomic mass is 32.1. The number of thiophene rings is 1. The third kappa shape index (κ3) is 4.32. The van der Waals surface area contributed by atoms with Gasteiger partial charge in [0.25, 0.3) is 0 Å². The number of aryl methyl sites for hydroxylation is 2. The van der Waals surface area contributed by atoms with Crippen molar-refractivity contribution in [2.75, 3.05) is 11.4 Å². The monoisotopic (exact) mass is 438 g/mol. The lowest BCUT2D eigenvalue weighted by molar-refractivity contribution is -0.118. The molecule has 0 aliphatic heterocycles. The van der Waals surface area contributed by atoms with Crippen LogP contribution in [0.1, 0.15) is 41.6 Å². The molecule has 0 N–H and O–H groups in total. The summed E-state index contributed by atoms with van der Waals surface area (Å²) in [4.78, 5) is 21.1. The van der Waals surface area contributed by atoms with Crippen molar-refractivity contribution < 1.29 is 4.79 Å². The molecule has 0 aliphatic rings. The van der Waals surface area contributed by atoms with Crippen molar-refractivity contribution in [2.24, 2.45) is 0 Å². The van der Waals surface area contributed by atoms with E-state index in [2.05, 4.69) is 43.2 Å². The lowest BCUT2D eigenvalue weighted by Gasteiger charge is -2.20. The molecule has 4 aromatic rings. The maximum atomic E-state index is 13.3. The fraction of sp³-hybridized carbons (Fsp3) is 0.348. The van der Waals surface area contributed by atoms with Gasteiger partial charge in [0.05, 0.1) is 28.9 Å². The van der Waals surface area contributed by atoms with Crippen molar-refractivity contribution >= 4 is 43.9 Å². The van der Waals surface area contributed by atoms with E-state index in [1.807, 2.05) is 40.9 Å². The molecule has 3 aromatic heterocycles. The van der Waals surface area contributed by atoms with Crippen molar-refractivity contribution in [2.45, 2.75) is 46.6 Å². The van der Waals surface area contributed by atoms with E-state index in [4.69, 9.17) is 4.98 Å². The van der Waals surface area contributed by atoms with Crippen LogP contribution in [0.3, 0.4) is 0 Å². The quantitative estimate of drug-likeness (QED) is 0.379. The lowest BCUT2D eigenvalue weighted by atomic mass is 10.0. The van der Waals surface area contributed by atoms with E-state index in [1.165, 1.54) is 5.56 Å². The first-order valence-corrected chi connectivity index (χ1v) is 11.8. The minimum absolute atomic E-state index is 0.0733. The maximum absolute atomic E-state index is 13.3. The van der Waals surface area contributed by atoms with Crippen molar-refractivity contribution in [3.8, 4) is 0 Å². The second-order valence-electron chi connectivity index (χ2n) is 7.80. The Morgan fingerprint density at radius 2 is 2.03 bits per heavy atom. The fourth-order valence-corrected chi connectivity index (χ4v) is 5.36. The van der Waals surface area contributed by atoms with Gasteiger partial charge in [-0.3, -0.25) is 14.4 Å². The molecule has 7 heteroatoms. The highest BCUT2D eigenvalue weighted by Gasteiger charge is 2.22. The predicted octanol–water partition coefficient (Wildman–Crippen LogP) is 5.57. The topological polar surface area (TPSA) is 51.0 Å². The lowest BCUT2D eigenvalue weighted by Crippen LogP contribution is -2.35. The smallest absolute Gasteiger partial charge is 0.234 e. The largest absolute Gasteiger partial charge is 0.286 e. The Bertz CT molecular complexity index is 1160. The van der Waals surface area contributed by atoms with Crippen LogP contribution >= 0.6 is 22.7 Å². The Kier molecular flexibility index (Phi) is 6.01. The predicted molar refractivity (Wildman–Crippen MR) is 126 cm³/mol. The number of aromatic nitrogens is 3. The molecule has 5 nitrogen and oxygen atoms in total. The molecule has 0 radical (unpaired) electrons. The summed E-state index contributed by atoms with van der Waals surface area (Å²) in [6.45, 7) is 9.58. The van der Waals surface area contributed by atoms with Crippen molar-refractivity contribution in [3.05, 3.63) is 63.6 Å². The van der Waals surface area contributed by atoms with E-state index in [1.54, 1.807) is 22.7 Å². The van der Waals surface area contributed by atoms with Gasteiger partial charge < -0.3 is 0 Å². The summed E-state index contributed by atoms with van der Waals surface area (Å²) in [7, 11) is 0. The fourth-order valence-electron chi connectivity index (χ4n) is 3.62. The first kappa shape index (κ1) is 20.8. The van der Waals surface area contributed by atoms with E-state index in [9.17, 15) is 4.79 Å². The van der Waals surface area contributed by atoms with Gasteiger partial charge in [-0.1, -0.05) is 43.4 Å². The van der Waals surface area contributed by atoms with Gasteiger partial charge in [-0.2, -0.15) is 5.10 Å². The first-order chi connectivity index (χ1) is 14.4. The summed E-state index contributed by atoms with van der Waals surface area (Å²) in [6, 6.07) is 12.4. The second-order valence-corrected chi connectivity index (χ2v) is 9.84. The van der Waals surface area contributed by atoms with Crippen LogP contribution in [0.5, 0.6) is 0 Å². The molecular weight excluding hydrogens is 412 g/mol. The number of anilines is 1. The molecule has 0 aliphatic carbocycles. The zero-order valence-electron chi connectivity index (χ0n) is 17.8. The van der Waals surface area contributed by atoms with E-state index in [0.717, 1.165) is 31.6 Å². The normalized spacial score (nSPS) is 11.5. The van der Waals surface area contributed by atoms with Gasteiger partial charge in [-0.05, 0) is 48.9 Å². The maximum Gasteiger partial charge on any atom is 0.234 e. The minimum Gasteiger partial charge on any atom is -0.286 e. The van der Waals surface area contributed by atoms with Crippen molar-refractivity contribution in [1.29, 1.82) is 0 Å². The van der Waals surface area contributed by atoms with Crippen LogP contribution < -0.4 is 4.90 Å². The summed E-state index contributed by atoms with van der Waals surface area (Å²) in [5.41, 5.74) is 4.32. The van der Waals surface area contributed by atoms with E-state index >= 15 is 0 Å². The third-order valence-electron chi connectivity index (χ3n) is 5.14. The minimum atomic E-state index is 0.0733. The van der Waals surface area contributed by atoms with E-state index < -0.39 is 0 Å². The second kappa shape index (κ2) is 8.70. The van der Waals surface area contributed by atoms with Gasteiger partial charge in [0.2, 0.25) is 5.91 Å². The molecule has 0 unspecified atom stereocenters. The van der Waals surface area contributed by atoms with Crippen LogP contribution in [-0.2, 0) is 17.8 Å². The van der Waals surface area contributed by atoms with Crippen molar-refractivity contribution in [3.63, 3.8) is 0 Å². The van der Waals surface area contributed by atoms with Crippen LogP contribution in [0.15, 0.2) is 41.8 Å². The Labute approximate surface area is 185 Å². The summed E-state index contributed by atoms with van der Waals surface area (Å²) >= 11 is 3.20. The molecule has 30 heavy (non-hydrogen) atoms. The van der Waals surface area contributed by atoms with Gasteiger partial charge in [0.1, 0.15) is 0 Å². The number of thiazole rings is 1. The number of para-hydroxylation sites is 1. The molecule has 156 valence electrons. The van der Waals surface area contributed by atoms with E-state index in [-0.39, 0.29) is 5.91 Å². The van der Waals surface area contributed by atoms with Crippen LogP contribution in [0.2, 0.25) is 0 Å². The van der Waals surface area contributed by atoms with E-state index in [0.29, 0.717) is 25.4 Å². The Morgan fingerprint density at radius 1 is 1.20 bits per heavy atom. The van der Waals surface area contributed by atoms with Gasteiger partial charge >= 0.3 is 0 Å². The van der Waals surface area contributed by atoms with Gasteiger partial charge in [0, 0.05) is 17.1 Å². The molecule has 1 amide bonds. The molecule has 0 bridgehead atoms. The zero-order valence-corrected chi connectivity index (χ0v) is 19.4. The number of fused-ring (bicyclic) bond motifs is 1. The highest BCUT2D eigenvalue weighted by Crippen LogP contribution is 2.34. The van der Waals surface area contributed by atoms with Gasteiger partial charge in [-0.15, -0.1) is 11.3 Å². The number of nitrogens with zero attached hydrogens (tertiary/aromatic N) is 4. The summed E-state index contributed by atoms with van der Waals surface area (Å²) in [5, 5.41) is 7.33. The van der Waals surface area contributed by atoms with Crippen molar-refractivity contribution in [1.82, 2.24) is 14.8 Å². The SMILES string of the molecule is Cc1cc(C)n(CCN(C(=O)Cc2cccs2)c2nc3c(C(C)C)cccc3s2)n1. The third-order valence-corrected chi connectivity index (χ3v) is 7.06. The number of benzene rings is 1. The number of carbonyl (C=O) groups is 1. The number of rotatable bonds is 7. The van der Waals surface area contributed by atoms with Crippen LogP contribution in [0.25, 0.3) is 10.2 Å². The van der Waals surface area contributed by atoms with Crippen LogP contribution in [0.4, 0.5) is 5.13 Å².